The monoisotopic (exact) mass is 304 g/mol. The van der Waals surface area contributed by atoms with E-state index in [4.69, 9.17) is 4.74 Å². The lowest BCUT2D eigenvalue weighted by Gasteiger charge is -2.08. The first-order valence-corrected chi connectivity index (χ1v) is 7.81. The number of nitrogens with zero attached hydrogens (tertiary/aromatic N) is 1. The van der Waals surface area contributed by atoms with E-state index in [2.05, 4.69) is 58.8 Å². The van der Waals surface area contributed by atoms with Gasteiger partial charge in [0, 0.05) is 25.4 Å². The molecule has 0 amide bonds. The third-order valence-corrected chi connectivity index (χ3v) is 3.56. The van der Waals surface area contributed by atoms with E-state index in [0.717, 1.165) is 13.1 Å². The van der Waals surface area contributed by atoms with Crippen molar-refractivity contribution < 1.29 is 4.74 Å². The summed E-state index contributed by atoms with van der Waals surface area (Å²) in [6.07, 6.45) is 1.73. The zero-order chi connectivity index (χ0) is 15.7. The summed E-state index contributed by atoms with van der Waals surface area (Å²) in [5.74, 6) is 0.668. The van der Waals surface area contributed by atoms with Gasteiger partial charge in [-0.3, -0.25) is 0 Å². The number of benzene rings is 2. The van der Waals surface area contributed by atoms with Crippen molar-refractivity contribution in [3.63, 3.8) is 0 Å². The fourth-order valence-corrected chi connectivity index (χ4v) is 2.34. The molecular weight excluding hydrogens is 284 g/mol. The zero-order valence-electron chi connectivity index (χ0n) is 13.0. The number of nitrogens with one attached hydrogen (secondary N) is 1. The van der Waals surface area contributed by atoms with E-state index in [0.29, 0.717) is 12.5 Å². The fourth-order valence-electron chi connectivity index (χ4n) is 2.34. The van der Waals surface area contributed by atoms with Gasteiger partial charge >= 0.3 is 0 Å². The van der Waals surface area contributed by atoms with Crippen LogP contribution in [0.2, 0.25) is 0 Å². The SMILES string of the molecule is c1ccc(-c2ccc(CNCCOc3ccccn3)cc2)cc1. The summed E-state index contributed by atoms with van der Waals surface area (Å²) >= 11 is 0. The van der Waals surface area contributed by atoms with Crippen LogP contribution in [0.1, 0.15) is 5.56 Å². The molecule has 0 bridgehead atoms. The molecule has 3 heteroatoms. The van der Waals surface area contributed by atoms with Crippen molar-refractivity contribution in [3.8, 4) is 17.0 Å². The minimum atomic E-state index is 0.610. The third-order valence-electron chi connectivity index (χ3n) is 3.56. The standard InChI is InChI=1S/C20H20N2O/c1-2-6-18(7-3-1)19-11-9-17(10-12-19)16-21-14-15-23-20-8-4-5-13-22-20/h1-13,21H,14-16H2. The minimum absolute atomic E-state index is 0.610. The van der Waals surface area contributed by atoms with E-state index >= 15 is 0 Å². The Morgan fingerprint density at radius 3 is 2.26 bits per heavy atom. The molecule has 3 nitrogen and oxygen atoms in total. The number of pyridine rings is 1. The Morgan fingerprint density at radius 2 is 1.52 bits per heavy atom. The molecule has 0 unspecified atom stereocenters. The molecule has 0 spiro atoms. The number of ether oxygens (including phenoxy) is 1. The first-order valence-electron chi connectivity index (χ1n) is 7.81. The second-order valence-corrected chi connectivity index (χ2v) is 5.26. The van der Waals surface area contributed by atoms with Gasteiger partial charge in [-0.05, 0) is 22.8 Å². The lowest BCUT2D eigenvalue weighted by atomic mass is 10.0. The predicted molar refractivity (Wildman–Crippen MR) is 93.3 cm³/mol. The Kier molecular flexibility index (Phi) is 5.38. The molecular formula is C20H20N2O. The van der Waals surface area contributed by atoms with Crippen molar-refractivity contribution in [2.45, 2.75) is 6.54 Å². The first kappa shape index (κ1) is 15.3. The van der Waals surface area contributed by atoms with E-state index in [-0.39, 0.29) is 0 Å². The van der Waals surface area contributed by atoms with Crippen LogP contribution in [-0.4, -0.2) is 18.1 Å². The predicted octanol–water partition coefficient (Wildman–Crippen LogP) is 3.92. The molecule has 0 aliphatic carbocycles. The van der Waals surface area contributed by atoms with E-state index in [1.807, 2.05) is 24.3 Å². The molecule has 2 aromatic carbocycles. The van der Waals surface area contributed by atoms with Crippen LogP contribution in [0.15, 0.2) is 79.0 Å². The Balaban J connectivity index is 1.42. The summed E-state index contributed by atoms with van der Waals surface area (Å²) in [7, 11) is 0. The maximum Gasteiger partial charge on any atom is 0.213 e. The normalized spacial score (nSPS) is 10.4. The molecule has 3 rings (SSSR count). The Bertz CT molecular complexity index is 697. The highest BCUT2D eigenvalue weighted by atomic mass is 16.5. The fraction of sp³-hybridized carbons (Fsp3) is 0.150. The maximum absolute atomic E-state index is 5.55. The van der Waals surface area contributed by atoms with E-state index in [1.165, 1.54) is 16.7 Å². The zero-order valence-corrected chi connectivity index (χ0v) is 13.0. The van der Waals surface area contributed by atoms with Gasteiger partial charge in [0.15, 0.2) is 0 Å². The van der Waals surface area contributed by atoms with Gasteiger partial charge in [-0.1, -0.05) is 60.7 Å². The van der Waals surface area contributed by atoms with Crippen molar-refractivity contribution in [2.75, 3.05) is 13.2 Å². The lowest BCUT2D eigenvalue weighted by Crippen LogP contribution is -2.20. The Morgan fingerprint density at radius 1 is 0.783 bits per heavy atom. The van der Waals surface area contributed by atoms with Crippen molar-refractivity contribution in [3.05, 3.63) is 84.6 Å². The van der Waals surface area contributed by atoms with Crippen molar-refractivity contribution in [1.29, 1.82) is 0 Å². The van der Waals surface area contributed by atoms with Crippen LogP contribution in [0.4, 0.5) is 0 Å². The van der Waals surface area contributed by atoms with Gasteiger partial charge in [0.2, 0.25) is 5.88 Å². The summed E-state index contributed by atoms with van der Waals surface area (Å²) in [4.78, 5) is 4.12. The van der Waals surface area contributed by atoms with Crippen molar-refractivity contribution in [1.82, 2.24) is 10.3 Å². The molecule has 1 N–H and O–H groups in total. The van der Waals surface area contributed by atoms with Gasteiger partial charge in [-0.25, -0.2) is 4.98 Å². The number of hydrogen-bond donors (Lipinski definition) is 1. The molecule has 0 aliphatic rings. The summed E-state index contributed by atoms with van der Waals surface area (Å²) < 4.78 is 5.55. The first-order chi connectivity index (χ1) is 11.4. The molecule has 0 aliphatic heterocycles. The second-order valence-electron chi connectivity index (χ2n) is 5.26. The van der Waals surface area contributed by atoms with E-state index < -0.39 is 0 Å². The summed E-state index contributed by atoms with van der Waals surface area (Å²) in [5.41, 5.74) is 3.76. The molecule has 0 atom stereocenters. The molecule has 3 aromatic rings. The molecule has 0 saturated heterocycles. The molecule has 0 saturated carbocycles. The van der Waals surface area contributed by atoms with Gasteiger partial charge < -0.3 is 10.1 Å². The summed E-state index contributed by atoms with van der Waals surface area (Å²) in [6.45, 7) is 2.23. The minimum Gasteiger partial charge on any atom is -0.476 e. The number of rotatable bonds is 7. The quantitative estimate of drug-likeness (QED) is 0.672. The number of hydrogen-bond acceptors (Lipinski definition) is 3. The Hall–Kier alpha value is -2.65. The van der Waals surface area contributed by atoms with Gasteiger partial charge in [0.05, 0.1) is 0 Å². The highest BCUT2D eigenvalue weighted by molar-refractivity contribution is 5.63. The van der Waals surface area contributed by atoms with Crippen molar-refractivity contribution >= 4 is 0 Å². The van der Waals surface area contributed by atoms with Gasteiger partial charge in [0.1, 0.15) is 6.61 Å². The largest absolute Gasteiger partial charge is 0.476 e. The van der Waals surface area contributed by atoms with Gasteiger partial charge in [-0.15, -0.1) is 0 Å². The molecule has 0 radical (unpaired) electrons. The second kappa shape index (κ2) is 8.11. The van der Waals surface area contributed by atoms with Crippen molar-refractivity contribution in [2.24, 2.45) is 0 Å². The smallest absolute Gasteiger partial charge is 0.213 e. The van der Waals surface area contributed by atoms with Crippen LogP contribution in [0.25, 0.3) is 11.1 Å². The lowest BCUT2D eigenvalue weighted by molar-refractivity contribution is 0.302. The van der Waals surface area contributed by atoms with E-state index in [9.17, 15) is 0 Å². The molecule has 23 heavy (non-hydrogen) atoms. The topological polar surface area (TPSA) is 34.1 Å². The van der Waals surface area contributed by atoms with Crippen LogP contribution in [0.3, 0.4) is 0 Å². The van der Waals surface area contributed by atoms with Gasteiger partial charge in [-0.2, -0.15) is 0 Å². The Labute approximate surface area is 137 Å². The highest BCUT2D eigenvalue weighted by Gasteiger charge is 1.98. The van der Waals surface area contributed by atoms with Crippen LogP contribution in [-0.2, 0) is 6.54 Å². The van der Waals surface area contributed by atoms with Crippen LogP contribution in [0.5, 0.6) is 5.88 Å². The molecule has 1 heterocycles. The third kappa shape index (κ3) is 4.66. The van der Waals surface area contributed by atoms with Gasteiger partial charge in [0.25, 0.3) is 0 Å². The average molecular weight is 304 g/mol. The summed E-state index contributed by atoms with van der Waals surface area (Å²) in [5, 5.41) is 3.38. The average Bonchev–Trinajstić information content (AvgIpc) is 2.64. The maximum atomic E-state index is 5.55. The van der Waals surface area contributed by atoms with Crippen LogP contribution in [0, 0.1) is 0 Å². The molecule has 116 valence electrons. The molecule has 0 fully saturated rings. The number of aromatic nitrogens is 1. The molecule has 1 aromatic heterocycles. The van der Waals surface area contributed by atoms with Crippen LogP contribution >= 0.6 is 0 Å². The highest BCUT2D eigenvalue weighted by Crippen LogP contribution is 2.19. The summed E-state index contributed by atoms with van der Waals surface area (Å²) in [6, 6.07) is 24.7. The van der Waals surface area contributed by atoms with Crippen LogP contribution < -0.4 is 10.1 Å². The van der Waals surface area contributed by atoms with E-state index in [1.54, 1.807) is 6.20 Å².